The van der Waals surface area contributed by atoms with Gasteiger partial charge in [-0.25, -0.2) is 4.68 Å². The molecule has 1 aromatic heterocycles. The van der Waals surface area contributed by atoms with Gasteiger partial charge in [-0.3, -0.25) is 9.69 Å². The van der Waals surface area contributed by atoms with Crippen molar-refractivity contribution in [3.63, 3.8) is 0 Å². The first-order valence-electron chi connectivity index (χ1n) is 10.8. The molecule has 0 bridgehead atoms. The molecule has 1 fully saturated rings. The molecule has 0 radical (unpaired) electrons. The van der Waals surface area contributed by atoms with Crippen molar-refractivity contribution in [2.75, 3.05) is 26.2 Å². The van der Waals surface area contributed by atoms with Crippen LogP contribution in [0.3, 0.4) is 0 Å². The van der Waals surface area contributed by atoms with Crippen LogP contribution in [-0.2, 0) is 6.54 Å². The molecule has 0 aliphatic carbocycles. The van der Waals surface area contributed by atoms with Crippen molar-refractivity contribution in [2.45, 2.75) is 32.4 Å². The number of hydrogen-bond acceptors (Lipinski definition) is 5. The monoisotopic (exact) mass is 419 g/mol. The van der Waals surface area contributed by atoms with Crippen LogP contribution in [0.4, 0.5) is 0 Å². The molecule has 7 nitrogen and oxygen atoms in total. The van der Waals surface area contributed by atoms with Crippen LogP contribution < -0.4 is 5.32 Å². The molecule has 2 heterocycles. The van der Waals surface area contributed by atoms with Crippen LogP contribution >= 0.6 is 0 Å². The summed E-state index contributed by atoms with van der Waals surface area (Å²) >= 11 is 0. The van der Waals surface area contributed by atoms with Gasteiger partial charge in [-0.15, -0.1) is 5.10 Å². The van der Waals surface area contributed by atoms with Crippen LogP contribution in [0.5, 0.6) is 0 Å². The number of carbonyl (C=O) groups is 1. The Morgan fingerprint density at radius 2 is 2.10 bits per heavy atom. The van der Waals surface area contributed by atoms with E-state index in [1.54, 1.807) is 6.20 Å². The number of hydrogen-bond donors (Lipinski definition) is 2. The predicted molar refractivity (Wildman–Crippen MR) is 120 cm³/mol. The highest BCUT2D eigenvalue weighted by Gasteiger charge is 2.23. The number of aliphatic hydroxyl groups excluding tert-OH is 1. The van der Waals surface area contributed by atoms with Crippen LogP contribution in [0.2, 0.25) is 0 Å². The van der Waals surface area contributed by atoms with E-state index in [2.05, 4.69) is 76.0 Å². The highest BCUT2D eigenvalue weighted by atomic mass is 16.3. The van der Waals surface area contributed by atoms with Gasteiger partial charge in [-0.2, -0.15) is 0 Å². The Kier molecular flexibility index (Phi) is 6.74. The molecule has 1 aliphatic heterocycles. The van der Waals surface area contributed by atoms with Gasteiger partial charge in [0.25, 0.3) is 5.91 Å². The zero-order valence-electron chi connectivity index (χ0n) is 17.9. The minimum atomic E-state index is -0.305. The third kappa shape index (κ3) is 5.18. The molecule has 162 valence electrons. The van der Waals surface area contributed by atoms with Crippen LogP contribution in [-0.4, -0.2) is 57.1 Å². The van der Waals surface area contributed by atoms with Crippen LogP contribution in [0.15, 0.2) is 54.7 Å². The van der Waals surface area contributed by atoms with Gasteiger partial charge in [0.1, 0.15) is 0 Å². The van der Waals surface area contributed by atoms with E-state index < -0.39 is 0 Å². The van der Waals surface area contributed by atoms with Gasteiger partial charge in [0.2, 0.25) is 0 Å². The molecule has 4 rings (SSSR count). The number of aliphatic hydroxyl groups is 1. The fourth-order valence-electron chi connectivity index (χ4n) is 4.20. The topological polar surface area (TPSA) is 83.3 Å². The number of aromatic nitrogens is 3. The number of aryl methyl sites for hydroxylation is 1. The van der Waals surface area contributed by atoms with Gasteiger partial charge >= 0.3 is 0 Å². The number of benzene rings is 2. The maximum atomic E-state index is 12.0. The smallest absolute Gasteiger partial charge is 0.273 e. The molecule has 3 aromatic rings. The summed E-state index contributed by atoms with van der Waals surface area (Å²) in [6.45, 7) is 5.06. The lowest BCUT2D eigenvalue weighted by Crippen LogP contribution is -2.36. The Morgan fingerprint density at radius 1 is 1.23 bits per heavy atom. The lowest BCUT2D eigenvalue weighted by Gasteiger charge is -2.32. The minimum Gasteiger partial charge on any atom is -0.395 e. The van der Waals surface area contributed by atoms with Crippen molar-refractivity contribution < 1.29 is 9.90 Å². The van der Waals surface area contributed by atoms with Gasteiger partial charge in [-0.05, 0) is 54.6 Å². The van der Waals surface area contributed by atoms with E-state index in [4.69, 9.17) is 5.11 Å². The Morgan fingerprint density at radius 3 is 2.94 bits per heavy atom. The van der Waals surface area contributed by atoms with Gasteiger partial charge < -0.3 is 10.4 Å². The summed E-state index contributed by atoms with van der Waals surface area (Å²) < 4.78 is 1.81. The summed E-state index contributed by atoms with van der Waals surface area (Å²) in [5.74, 6) is -0.305. The molecule has 31 heavy (non-hydrogen) atoms. The Labute approximate surface area is 182 Å². The quantitative estimate of drug-likeness (QED) is 0.615. The molecule has 0 unspecified atom stereocenters. The lowest BCUT2D eigenvalue weighted by atomic mass is 9.98. The molecule has 7 heteroatoms. The first-order chi connectivity index (χ1) is 15.1. The second-order valence-corrected chi connectivity index (χ2v) is 8.11. The number of nitrogens with one attached hydrogen (secondary N) is 1. The van der Waals surface area contributed by atoms with E-state index in [0.717, 1.165) is 32.5 Å². The highest BCUT2D eigenvalue weighted by molar-refractivity contribution is 5.91. The molecule has 1 aliphatic rings. The van der Waals surface area contributed by atoms with Crippen molar-refractivity contribution >= 4 is 5.91 Å². The third-order valence-electron chi connectivity index (χ3n) is 5.78. The van der Waals surface area contributed by atoms with Crippen LogP contribution in [0, 0.1) is 6.92 Å². The summed E-state index contributed by atoms with van der Waals surface area (Å²) in [4.78, 5) is 14.5. The molecule has 2 N–H and O–H groups in total. The van der Waals surface area contributed by atoms with E-state index in [1.165, 1.54) is 22.3 Å². The average Bonchev–Trinajstić information content (AvgIpc) is 3.29. The number of rotatable bonds is 7. The maximum absolute atomic E-state index is 12.0. The predicted octanol–water partition coefficient (Wildman–Crippen LogP) is 2.81. The fourth-order valence-corrected chi connectivity index (χ4v) is 4.20. The Balaban J connectivity index is 1.42. The molecule has 1 atom stereocenters. The lowest BCUT2D eigenvalue weighted by molar-refractivity contribution is 0.0939. The number of nitrogens with zero attached hydrogens (tertiary/aromatic N) is 4. The van der Waals surface area contributed by atoms with Crippen molar-refractivity contribution in [2.24, 2.45) is 0 Å². The van der Waals surface area contributed by atoms with Crippen LogP contribution in [0.25, 0.3) is 11.1 Å². The molecule has 1 saturated heterocycles. The van der Waals surface area contributed by atoms with Gasteiger partial charge in [-0.1, -0.05) is 47.7 Å². The number of carbonyl (C=O) groups excluding carboxylic acids is 1. The highest BCUT2D eigenvalue weighted by Crippen LogP contribution is 2.26. The first-order valence-corrected chi connectivity index (χ1v) is 10.8. The molecule has 2 aromatic carbocycles. The molecule has 1 amide bonds. The number of amides is 1. The van der Waals surface area contributed by atoms with Crippen molar-refractivity contribution in [3.8, 4) is 11.1 Å². The van der Waals surface area contributed by atoms with Crippen molar-refractivity contribution in [1.82, 2.24) is 25.2 Å². The number of piperidine rings is 1. The number of likely N-dealkylation sites (tertiary alicyclic amines) is 1. The molecule has 0 spiro atoms. The molecular weight excluding hydrogens is 390 g/mol. The maximum Gasteiger partial charge on any atom is 0.273 e. The van der Waals surface area contributed by atoms with Gasteiger partial charge in [0.05, 0.1) is 18.8 Å². The summed E-state index contributed by atoms with van der Waals surface area (Å²) in [5.41, 5.74) is 5.39. The van der Waals surface area contributed by atoms with Crippen molar-refractivity contribution in [3.05, 3.63) is 71.5 Å². The summed E-state index contributed by atoms with van der Waals surface area (Å²) in [6, 6.07) is 17.4. The SMILES string of the molecule is Cc1ccccc1-c1cccc(CN2CCC[C@@H](n3cc(C(=O)NCCO)nn3)C2)c1. The third-order valence-corrected chi connectivity index (χ3v) is 5.78. The Bertz CT molecular complexity index is 1030. The standard InChI is InChI=1S/C24H29N5O2/c1-18-6-2-3-10-22(18)20-8-4-7-19(14-20)15-28-12-5-9-21(16-28)29-17-23(26-27-29)24(31)25-11-13-30/h2-4,6-8,10,14,17,21,30H,5,9,11-13,15-16H2,1H3,(H,25,31)/t21-/m1/s1. The average molecular weight is 420 g/mol. The minimum absolute atomic E-state index is 0.0947. The zero-order chi connectivity index (χ0) is 21.6. The fraction of sp³-hybridized carbons (Fsp3) is 0.375. The van der Waals surface area contributed by atoms with Crippen LogP contribution in [0.1, 0.15) is 40.5 Å². The second-order valence-electron chi connectivity index (χ2n) is 8.11. The normalized spacial score (nSPS) is 16.9. The second kappa shape index (κ2) is 9.85. The summed E-state index contributed by atoms with van der Waals surface area (Å²) in [6.07, 6.45) is 3.80. The van der Waals surface area contributed by atoms with E-state index in [0.29, 0.717) is 0 Å². The first kappa shape index (κ1) is 21.2. The van der Waals surface area contributed by atoms with E-state index in [-0.39, 0.29) is 30.8 Å². The Hall–Kier alpha value is -3.03. The van der Waals surface area contributed by atoms with Gasteiger partial charge in [0.15, 0.2) is 5.69 Å². The van der Waals surface area contributed by atoms with Gasteiger partial charge in [0, 0.05) is 19.6 Å². The molecule has 0 saturated carbocycles. The van der Waals surface area contributed by atoms with E-state index >= 15 is 0 Å². The summed E-state index contributed by atoms with van der Waals surface area (Å²) in [5, 5.41) is 19.7. The largest absolute Gasteiger partial charge is 0.395 e. The van der Waals surface area contributed by atoms with E-state index in [9.17, 15) is 4.79 Å². The van der Waals surface area contributed by atoms with E-state index in [1.807, 2.05) is 4.68 Å². The molecular formula is C24H29N5O2. The summed E-state index contributed by atoms with van der Waals surface area (Å²) in [7, 11) is 0. The zero-order valence-corrected chi connectivity index (χ0v) is 17.9. The van der Waals surface area contributed by atoms with Crippen molar-refractivity contribution in [1.29, 1.82) is 0 Å².